The van der Waals surface area contributed by atoms with E-state index >= 15 is 0 Å². The summed E-state index contributed by atoms with van der Waals surface area (Å²) < 4.78 is 0. The van der Waals surface area contributed by atoms with Gasteiger partial charge in [0.1, 0.15) is 0 Å². The van der Waals surface area contributed by atoms with Gasteiger partial charge in [-0.25, -0.2) is 0 Å². The van der Waals surface area contributed by atoms with E-state index in [0.717, 1.165) is 25.1 Å². The van der Waals surface area contributed by atoms with Crippen LogP contribution in [-0.4, -0.2) is 46.5 Å². The van der Waals surface area contributed by atoms with E-state index in [9.17, 15) is 9.59 Å². The van der Waals surface area contributed by atoms with Crippen LogP contribution < -0.4 is 5.32 Å². The van der Waals surface area contributed by atoms with Gasteiger partial charge in [-0.1, -0.05) is 0 Å². The van der Waals surface area contributed by atoms with E-state index < -0.39 is 0 Å². The molecule has 2 amide bonds. The van der Waals surface area contributed by atoms with Crippen LogP contribution in [0.2, 0.25) is 0 Å². The number of nitrogens with one attached hydrogen (secondary N) is 1. The molecule has 0 unspecified atom stereocenters. The quantitative estimate of drug-likeness (QED) is 0.831. The van der Waals surface area contributed by atoms with E-state index in [2.05, 4.69) is 15.5 Å². The minimum Gasteiger partial charge on any atom is -0.356 e. The fourth-order valence-corrected chi connectivity index (χ4v) is 3.23. The van der Waals surface area contributed by atoms with E-state index in [4.69, 9.17) is 0 Å². The van der Waals surface area contributed by atoms with Gasteiger partial charge >= 0.3 is 0 Å². The lowest BCUT2D eigenvalue weighted by Crippen LogP contribution is -2.44. The van der Waals surface area contributed by atoms with Crippen LogP contribution in [0.4, 0.5) is 0 Å². The van der Waals surface area contributed by atoms with Crippen molar-refractivity contribution in [2.75, 3.05) is 19.6 Å². The van der Waals surface area contributed by atoms with Gasteiger partial charge in [-0.05, 0) is 38.2 Å². The Bertz CT molecular complexity index is 591. The Morgan fingerprint density at radius 2 is 2.00 bits per heavy atom. The first-order valence-corrected chi connectivity index (χ1v) is 7.36. The van der Waals surface area contributed by atoms with Crippen LogP contribution in [0, 0.1) is 19.3 Å². The standard InChI is InChI=1S/C15H20N4O2/c1-10-7-12(11(2)18-17-10)14(21)19-5-3-15(4-6-19)8-13(20)16-9-15/h7H,3-6,8-9H2,1-2H3,(H,16,20). The fourth-order valence-electron chi connectivity index (χ4n) is 3.23. The molecule has 0 bridgehead atoms. The van der Waals surface area contributed by atoms with Crippen molar-refractivity contribution < 1.29 is 9.59 Å². The zero-order valence-electron chi connectivity index (χ0n) is 12.5. The SMILES string of the molecule is Cc1cc(C(=O)N2CCC3(CC2)CNC(=O)C3)c(C)nn1. The molecule has 0 atom stereocenters. The predicted molar refractivity (Wildman–Crippen MR) is 76.7 cm³/mol. The molecule has 112 valence electrons. The number of aromatic nitrogens is 2. The van der Waals surface area contributed by atoms with Gasteiger partial charge in [-0.15, -0.1) is 0 Å². The molecule has 2 aliphatic rings. The number of carbonyl (C=O) groups is 2. The summed E-state index contributed by atoms with van der Waals surface area (Å²) in [5, 5.41) is 10.9. The zero-order chi connectivity index (χ0) is 15.0. The molecule has 0 saturated carbocycles. The van der Waals surface area contributed by atoms with Crippen molar-refractivity contribution in [3.05, 3.63) is 23.0 Å². The summed E-state index contributed by atoms with van der Waals surface area (Å²) in [6.45, 7) is 5.81. The van der Waals surface area contributed by atoms with E-state index in [0.29, 0.717) is 30.8 Å². The summed E-state index contributed by atoms with van der Waals surface area (Å²) in [6, 6.07) is 1.80. The molecular formula is C15H20N4O2. The topological polar surface area (TPSA) is 75.2 Å². The third-order valence-electron chi connectivity index (χ3n) is 4.64. The van der Waals surface area contributed by atoms with Gasteiger partial charge in [-0.3, -0.25) is 9.59 Å². The number of carbonyl (C=O) groups excluding carboxylic acids is 2. The molecule has 3 heterocycles. The van der Waals surface area contributed by atoms with Gasteiger partial charge in [0.2, 0.25) is 5.91 Å². The molecule has 0 aromatic carbocycles. The highest BCUT2D eigenvalue weighted by Crippen LogP contribution is 2.37. The first-order chi connectivity index (χ1) is 9.99. The Kier molecular flexibility index (Phi) is 3.39. The Morgan fingerprint density at radius 1 is 1.29 bits per heavy atom. The summed E-state index contributed by atoms with van der Waals surface area (Å²) in [4.78, 5) is 25.9. The lowest BCUT2D eigenvalue weighted by Gasteiger charge is -2.38. The predicted octanol–water partition coefficient (Wildman–Crippen LogP) is 0.836. The second-order valence-electron chi connectivity index (χ2n) is 6.23. The molecule has 2 aliphatic heterocycles. The summed E-state index contributed by atoms with van der Waals surface area (Å²) in [7, 11) is 0. The molecular weight excluding hydrogens is 268 g/mol. The maximum Gasteiger partial charge on any atom is 0.255 e. The average Bonchev–Trinajstić information content (AvgIpc) is 2.83. The Morgan fingerprint density at radius 3 is 2.62 bits per heavy atom. The Labute approximate surface area is 123 Å². The normalized spacial score (nSPS) is 20.7. The summed E-state index contributed by atoms with van der Waals surface area (Å²) in [6.07, 6.45) is 2.37. The highest BCUT2D eigenvalue weighted by Gasteiger charge is 2.41. The van der Waals surface area contributed by atoms with Gasteiger partial charge in [0.15, 0.2) is 0 Å². The second kappa shape index (κ2) is 5.09. The highest BCUT2D eigenvalue weighted by molar-refractivity contribution is 5.95. The van der Waals surface area contributed by atoms with Gasteiger partial charge in [-0.2, -0.15) is 10.2 Å². The van der Waals surface area contributed by atoms with Gasteiger partial charge in [0.05, 0.1) is 17.0 Å². The molecule has 1 N–H and O–H groups in total. The zero-order valence-corrected chi connectivity index (χ0v) is 12.5. The van der Waals surface area contributed by atoms with E-state index in [-0.39, 0.29) is 17.2 Å². The molecule has 6 heteroatoms. The first-order valence-electron chi connectivity index (χ1n) is 7.36. The molecule has 0 aliphatic carbocycles. The minimum atomic E-state index is 0.0256. The summed E-state index contributed by atoms with van der Waals surface area (Å²) in [5.74, 6) is 0.164. The molecule has 2 fully saturated rings. The number of amides is 2. The number of hydrogen-bond donors (Lipinski definition) is 1. The molecule has 1 spiro atoms. The van der Waals surface area contributed by atoms with Crippen molar-refractivity contribution in [1.29, 1.82) is 0 Å². The molecule has 3 rings (SSSR count). The highest BCUT2D eigenvalue weighted by atomic mass is 16.2. The number of aryl methyl sites for hydroxylation is 2. The number of nitrogens with zero attached hydrogens (tertiary/aromatic N) is 3. The summed E-state index contributed by atoms with van der Waals surface area (Å²) >= 11 is 0. The van der Waals surface area contributed by atoms with Gasteiger partial charge < -0.3 is 10.2 Å². The third kappa shape index (κ3) is 2.62. The van der Waals surface area contributed by atoms with Crippen molar-refractivity contribution in [2.24, 2.45) is 5.41 Å². The molecule has 1 aromatic heterocycles. The van der Waals surface area contributed by atoms with Crippen LogP contribution in [0.1, 0.15) is 41.0 Å². The van der Waals surface area contributed by atoms with Crippen LogP contribution >= 0.6 is 0 Å². The molecule has 0 radical (unpaired) electrons. The smallest absolute Gasteiger partial charge is 0.255 e. The number of piperidine rings is 1. The Hall–Kier alpha value is -1.98. The number of likely N-dealkylation sites (tertiary alicyclic amines) is 1. The van der Waals surface area contributed by atoms with Crippen molar-refractivity contribution in [1.82, 2.24) is 20.4 Å². The lowest BCUT2D eigenvalue weighted by molar-refractivity contribution is -0.119. The number of rotatable bonds is 1. The van der Waals surface area contributed by atoms with Gasteiger partial charge in [0.25, 0.3) is 5.91 Å². The number of hydrogen-bond acceptors (Lipinski definition) is 4. The summed E-state index contributed by atoms with van der Waals surface area (Å²) in [5.41, 5.74) is 2.13. The fraction of sp³-hybridized carbons (Fsp3) is 0.600. The van der Waals surface area contributed by atoms with E-state index in [1.165, 1.54) is 0 Å². The second-order valence-corrected chi connectivity index (χ2v) is 6.23. The Balaban J connectivity index is 1.70. The molecule has 2 saturated heterocycles. The van der Waals surface area contributed by atoms with Crippen molar-refractivity contribution in [2.45, 2.75) is 33.1 Å². The van der Waals surface area contributed by atoms with Crippen LogP contribution in [-0.2, 0) is 4.79 Å². The molecule has 21 heavy (non-hydrogen) atoms. The van der Waals surface area contributed by atoms with Crippen LogP contribution in [0.25, 0.3) is 0 Å². The lowest BCUT2D eigenvalue weighted by atomic mass is 9.77. The van der Waals surface area contributed by atoms with Crippen LogP contribution in [0.3, 0.4) is 0 Å². The average molecular weight is 288 g/mol. The van der Waals surface area contributed by atoms with E-state index in [1.807, 2.05) is 18.7 Å². The minimum absolute atomic E-state index is 0.0256. The van der Waals surface area contributed by atoms with E-state index in [1.54, 1.807) is 6.07 Å². The van der Waals surface area contributed by atoms with Crippen molar-refractivity contribution >= 4 is 11.8 Å². The monoisotopic (exact) mass is 288 g/mol. The largest absolute Gasteiger partial charge is 0.356 e. The maximum atomic E-state index is 12.6. The van der Waals surface area contributed by atoms with Gasteiger partial charge in [0, 0.05) is 26.1 Å². The first kappa shape index (κ1) is 14.0. The van der Waals surface area contributed by atoms with Crippen LogP contribution in [0.5, 0.6) is 0 Å². The molecule has 1 aromatic rings. The van der Waals surface area contributed by atoms with Crippen molar-refractivity contribution in [3.63, 3.8) is 0 Å². The third-order valence-corrected chi connectivity index (χ3v) is 4.64. The maximum absolute atomic E-state index is 12.6. The van der Waals surface area contributed by atoms with Crippen molar-refractivity contribution in [3.8, 4) is 0 Å². The molecule has 6 nitrogen and oxygen atoms in total. The van der Waals surface area contributed by atoms with Crippen LogP contribution in [0.15, 0.2) is 6.07 Å².